The quantitative estimate of drug-likeness (QED) is 0.178. The second-order valence-corrected chi connectivity index (χ2v) is 10.6. The fourth-order valence-electron chi connectivity index (χ4n) is 4.85. The van der Waals surface area contributed by atoms with E-state index >= 15 is 0 Å². The Morgan fingerprint density at radius 2 is 1.65 bits per heavy atom. The van der Waals surface area contributed by atoms with Gasteiger partial charge in [0.1, 0.15) is 11.5 Å². The number of nitrogens with one attached hydrogen (secondary N) is 2. The van der Waals surface area contributed by atoms with E-state index in [0.29, 0.717) is 40.7 Å². The van der Waals surface area contributed by atoms with Crippen molar-refractivity contribution in [2.45, 2.75) is 27.7 Å². The molecule has 1 aromatic heterocycles. The molecule has 1 heterocycles. The highest BCUT2D eigenvalue weighted by molar-refractivity contribution is 5.95. The monoisotopic (exact) mass is 626 g/mol. The number of nitrogens with zero attached hydrogens (tertiary/aromatic N) is 4. The first-order chi connectivity index (χ1) is 22.2. The molecule has 0 saturated heterocycles. The summed E-state index contributed by atoms with van der Waals surface area (Å²) in [6.45, 7) is 11.4. The van der Waals surface area contributed by atoms with Gasteiger partial charge < -0.3 is 29.7 Å². The van der Waals surface area contributed by atoms with E-state index in [1.807, 2.05) is 38.1 Å². The molecule has 0 radical (unpaired) electrons. The Morgan fingerprint density at radius 1 is 0.891 bits per heavy atom. The van der Waals surface area contributed by atoms with Gasteiger partial charge in [-0.1, -0.05) is 38.1 Å². The van der Waals surface area contributed by atoms with Crippen LogP contribution in [0.2, 0.25) is 0 Å². The van der Waals surface area contributed by atoms with Crippen LogP contribution in [-0.2, 0) is 0 Å². The average Bonchev–Trinajstić information content (AvgIpc) is 3.07. The molecule has 0 spiro atoms. The molecular formula is C35H42N6O5. The number of anilines is 3. The van der Waals surface area contributed by atoms with Gasteiger partial charge in [0.25, 0.3) is 5.91 Å². The van der Waals surface area contributed by atoms with Crippen molar-refractivity contribution in [1.29, 1.82) is 0 Å². The van der Waals surface area contributed by atoms with Crippen LogP contribution in [0.1, 0.15) is 35.3 Å². The predicted octanol–water partition coefficient (Wildman–Crippen LogP) is 6.23. The first kappa shape index (κ1) is 33.7. The van der Waals surface area contributed by atoms with Gasteiger partial charge in [-0.2, -0.15) is 4.98 Å². The third-order valence-electron chi connectivity index (χ3n) is 7.79. The van der Waals surface area contributed by atoms with Crippen LogP contribution in [0.4, 0.5) is 22.1 Å². The average molecular weight is 627 g/mol. The number of carbonyl (C=O) groups excluding carboxylic acids is 2. The summed E-state index contributed by atoms with van der Waals surface area (Å²) in [6, 6.07) is 19.8. The second-order valence-electron chi connectivity index (χ2n) is 10.6. The molecule has 0 aliphatic rings. The van der Waals surface area contributed by atoms with Crippen molar-refractivity contribution in [2.75, 3.05) is 57.7 Å². The topological polar surface area (TPSA) is 118 Å². The highest BCUT2D eigenvalue weighted by Crippen LogP contribution is 2.33. The molecule has 0 fully saturated rings. The van der Waals surface area contributed by atoms with E-state index in [4.69, 9.17) is 19.2 Å². The SMILES string of the molecule is CCN(CC)CCNC(=O)c1cccc(Nc2nc(OC(=O)N(C)c3cc(OC)ccc3OC)cc(-c3cccc(C)c3C)n2)c1. The number of methoxy groups -OCH3 is 2. The smallest absolute Gasteiger partial charge is 0.420 e. The highest BCUT2D eigenvalue weighted by atomic mass is 16.6. The highest BCUT2D eigenvalue weighted by Gasteiger charge is 2.21. The number of ether oxygens (including phenoxy) is 3. The third-order valence-corrected chi connectivity index (χ3v) is 7.79. The summed E-state index contributed by atoms with van der Waals surface area (Å²) in [5, 5.41) is 6.17. The third kappa shape index (κ3) is 8.30. The number of hydrogen-bond acceptors (Lipinski definition) is 9. The minimum Gasteiger partial charge on any atom is -0.497 e. The minimum atomic E-state index is -0.688. The molecule has 242 valence electrons. The number of likely N-dealkylation sites (N-methyl/N-ethyl adjacent to an activating group) is 1. The summed E-state index contributed by atoms with van der Waals surface area (Å²) < 4.78 is 16.6. The molecule has 0 atom stereocenters. The number of benzene rings is 3. The molecule has 0 aliphatic carbocycles. The van der Waals surface area contributed by atoms with E-state index in [0.717, 1.165) is 36.3 Å². The fourth-order valence-corrected chi connectivity index (χ4v) is 4.85. The van der Waals surface area contributed by atoms with Crippen LogP contribution in [-0.4, -0.2) is 74.3 Å². The van der Waals surface area contributed by atoms with Gasteiger partial charge in [-0.25, -0.2) is 9.78 Å². The lowest BCUT2D eigenvalue weighted by atomic mass is 10.0. The summed E-state index contributed by atoms with van der Waals surface area (Å²) in [5.41, 5.74) is 5.11. The zero-order chi connectivity index (χ0) is 33.2. The van der Waals surface area contributed by atoms with Crippen LogP contribution in [0.25, 0.3) is 11.3 Å². The lowest BCUT2D eigenvalue weighted by Gasteiger charge is -2.20. The molecule has 0 aliphatic heterocycles. The number of hydrogen-bond donors (Lipinski definition) is 2. The maximum Gasteiger partial charge on any atom is 0.420 e. The van der Waals surface area contributed by atoms with E-state index in [-0.39, 0.29) is 17.7 Å². The number of carbonyl (C=O) groups is 2. The Morgan fingerprint density at radius 3 is 2.37 bits per heavy atom. The van der Waals surface area contributed by atoms with Crippen LogP contribution < -0.4 is 29.7 Å². The molecule has 4 rings (SSSR count). The number of aromatic nitrogens is 2. The summed E-state index contributed by atoms with van der Waals surface area (Å²) >= 11 is 0. The molecule has 0 unspecified atom stereocenters. The van der Waals surface area contributed by atoms with Gasteiger partial charge in [-0.05, 0) is 68.4 Å². The number of amides is 2. The van der Waals surface area contributed by atoms with E-state index in [2.05, 4.69) is 34.4 Å². The second kappa shape index (κ2) is 15.7. The van der Waals surface area contributed by atoms with Gasteiger partial charge in [0.15, 0.2) is 0 Å². The Bertz CT molecular complexity index is 1670. The van der Waals surface area contributed by atoms with Crippen LogP contribution in [0, 0.1) is 13.8 Å². The minimum absolute atomic E-state index is 0.0393. The molecule has 46 heavy (non-hydrogen) atoms. The maximum absolute atomic E-state index is 13.4. The molecular weight excluding hydrogens is 584 g/mol. The summed E-state index contributed by atoms with van der Waals surface area (Å²) in [4.78, 5) is 39.1. The van der Waals surface area contributed by atoms with Crippen LogP contribution >= 0.6 is 0 Å². The number of aryl methyl sites for hydroxylation is 1. The Kier molecular flexibility index (Phi) is 11.5. The molecule has 0 bridgehead atoms. The van der Waals surface area contributed by atoms with Gasteiger partial charge in [0.05, 0.1) is 25.6 Å². The molecule has 2 N–H and O–H groups in total. The van der Waals surface area contributed by atoms with Crippen molar-refractivity contribution in [1.82, 2.24) is 20.2 Å². The van der Waals surface area contributed by atoms with Gasteiger partial charge >= 0.3 is 6.09 Å². The van der Waals surface area contributed by atoms with Crippen molar-refractivity contribution in [3.8, 4) is 28.6 Å². The maximum atomic E-state index is 13.4. The standard InChI is InChI=1S/C35H42N6O5/c1-8-41(9-2)19-18-36-33(42)25-13-11-14-26(20-25)37-34-38-29(28-15-10-12-23(3)24(28)4)22-32(39-34)46-35(43)40(5)30-21-27(44-6)16-17-31(30)45-7/h10-17,20-22H,8-9,18-19H2,1-7H3,(H,36,42)(H,37,38,39). The van der Waals surface area contributed by atoms with E-state index < -0.39 is 6.09 Å². The van der Waals surface area contributed by atoms with Crippen LogP contribution in [0.15, 0.2) is 66.7 Å². The van der Waals surface area contributed by atoms with Crippen LogP contribution in [0.3, 0.4) is 0 Å². The molecule has 11 nitrogen and oxygen atoms in total. The molecule has 0 saturated carbocycles. The Balaban J connectivity index is 1.62. The summed E-state index contributed by atoms with van der Waals surface area (Å²) in [5.74, 6) is 1.09. The zero-order valence-corrected chi connectivity index (χ0v) is 27.5. The lowest BCUT2D eigenvalue weighted by molar-refractivity contribution is 0.0949. The normalized spacial score (nSPS) is 10.8. The largest absolute Gasteiger partial charge is 0.497 e. The van der Waals surface area contributed by atoms with Crippen molar-refractivity contribution in [3.63, 3.8) is 0 Å². The number of rotatable bonds is 13. The van der Waals surface area contributed by atoms with E-state index in [1.54, 1.807) is 56.6 Å². The van der Waals surface area contributed by atoms with Crippen molar-refractivity contribution < 1.29 is 23.8 Å². The molecule has 2 amide bonds. The van der Waals surface area contributed by atoms with E-state index in [1.165, 1.54) is 12.0 Å². The molecule has 4 aromatic rings. The van der Waals surface area contributed by atoms with Gasteiger partial charge in [0.2, 0.25) is 11.8 Å². The van der Waals surface area contributed by atoms with Crippen LogP contribution in [0.5, 0.6) is 17.4 Å². The zero-order valence-electron chi connectivity index (χ0n) is 27.5. The summed E-state index contributed by atoms with van der Waals surface area (Å²) in [6.07, 6.45) is -0.688. The fraction of sp³-hybridized carbons (Fsp3) is 0.314. The summed E-state index contributed by atoms with van der Waals surface area (Å²) in [7, 11) is 4.64. The van der Waals surface area contributed by atoms with E-state index in [9.17, 15) is 9.59 Å². The molecule has 3 aromatic carbocycles. The van der Waals surface area contributed by atoms with Gasteiger partial charge in [-0.15, -0.1) is 0 Å². The van der Waals surface area contributed by atoms with Gasteiger partial charge in [-0.3, -0.25) is 9.69 Å². The Hall–Kier alpha value is -5.16. The van der Waals surface area contributed by atoms with Gasteiger partial charge in [0, 0.05) is 49.1 Å². The van der Waals surface area contributed by atoms with Crippen molar-refractivity contribution in [3.05, 3.63) is 83.4 Å². The van der Waals surface area contributed by atoms with Crippen molar-refractivity contribution in [2.24, 2.45) is 0 Å². The predicted molar refractivity (Wildman–Crippen MR) is 181 cm³/mol. The lowest BCUT2D eigenvalue weighted by Crippen LogP contribution is -2.34. The first-order valence-corrected chi connectivity index (χ1v) is 15.2. The Labute approximate surface area is 270 Å². The first-order valence-electron chi connectivity index (χ1n) is 15.2. The van der Waals surface area contributed by atoms with Crippen molar-refractivity contribution >= 4 is 29.3 Å². The molecule has 11 heteroatoms.